The minimum Gasteiger partial charge on any atom is -0.494 e. The molecule has 0 aliphatic rings. The molecule has 2 aromatic rings. The van der Waals surface area contributed by atoms with Crippen LogP contribution in [0, 0.1) is 5.92 Å². The van der Waals surface area contributed by atoms with Crippen LogP contribution in [0.15, 0.2) is 36.4 Å². The first-order valence-corrected chi connectivity index (χ1v) is 12.2. The van der Waals surface area contributed by atoms with Crippen LogP contribution in [-0.4, -0.2) is 19.1 Å². The number of alkyl halides is 1. The van der Waals surface area contributed by atoms with Crippen molar-refractivity contribution in [2.45, 2.75) is 78.1 Å². The molecule has 0 heterocycles. The number of fused-ring (bicyclic) bond motifs is 1. The molecule has 0 aromatic heterocycles. The van der Waals surface area contributed by atoms with Gasteiger partial charge in [-0.15, -0.1) is 11.6 Å². The Labute approximate surface area is 182 Å². The van der Waals surface area contributed by atoms with Crippen LogP contribution in [0.3, 0.4) is 0 Å². The lowest BCUT2D eigenvalue weighted by Gasteiger charge is -2.16. The third-order valence-corrected chi connectivity index (χ3v) is 5.88. The Kier molecular flexibility index (Phi) is 12.0. The van der Waals surface area contributed by atoms with Crippen LogP contribution < -0.4 is 9.47 Å². The van der Waals surface area contributed by atoms with Crippen molar-refractivity contribution < 1.29 is 9.47 Å². The Morgan fingerprint density at radius 2 is 1.38 bits per heavy atom. The summed E-state index contributed by atoms with van der Waals surface area (Å²) >= 11 is 5.71. The van der Waals surface area contributed by atoms with E-state index in [1.165, 1.54) is 62.1 Å². The Balaban J connectivity index is 1.76. The van der Waals surface area contributed by atoms with E-state index in [1.54, 1.807) is 0 Å². The summed E-state index contributed by atoms with van der Waals surface area (Å²) in [4.78, 5) is 0. The second-order valence-corrected chi connectivity index (χ2v) is 8.43. The fourth-order valence-electron chi connectivity index (χ4n) is 3.59. The number of hydrogen-bond acceptors (Lipinski definition) is 2. The van der Waals surface area contributed by atoms with Crippen LogP contribution in [0.2, 0.25) is 0 Å². The highest BCUT2D eigenvalue weighted by atomic mass is 35.5. The van der Waals surface area contributed by atoms with Gasteiger partial charge in [0, 0.05) is 5.88 Å². The predicted octanol–water partition coefficient (Wildman–Crippen LogP) is 8.39. The molecule has 3 heteroatoms. The molecular formula is C26H39ClO2. The first kappa shape index (κ1) is 23.9. The van der Waals surface area contributed by atoms with Gasteiger partial charge in [0.15, 0.2) is 0 Å². The Morgan fingerprint density at radius 3 is 2.00 bits per heavy atom. The van der Waals surface area contributed by atoms with Gasteiger partial charge in [0.05, 0.1) is 13.2 Å². The monoisotopic (exact) mass is 418 g/mol. The van der Waals surface area contributed by atoms with Crippen molar-refractivity contribution in [3.05, 3.63) is 36.4 Å². The molecule has 0 radical (unpaired) electrons. The summed E-state index contributed by atoms with van der Waals surface area (Å²) in [6, 6.07) is 12.7. The second-order valence-electron chi connectivity index (χ2n) is 8.06. The zero-order valence-corrected chi connectivity index (χ0v) is 19.2. The van der Waals surface area contributed by atoms with Gasteiger partial charge in [-0.3, -0.25) is 0 Å². The molecule has 0 spiro atoms. The average Bonchev–Trinajstić information content (AvgIpc) is 2.75. The fraction of sp³-hybridized carbons (Fsp3) is 0.615. The number of ether oxygens (including phenoxy) is 2. The minimum absolute atomic E-state index is 0.654. The number of unbranched alkanes of at least 4 members (excludes halogenated alkanes) is 6. The third kappa shape index (κ3) is 9.30. The molecule has 0 aliphatic heterocycles. The molecule has 29 heavy (non-hydrogen) atoms. The van der Waals surface area contributed by atoms with Gasteiger partial charge in [-0.05, 0) is 60.2 Å². The van der Waals surface area contributed by atoms with E-state index in [9.17, 15) is 0 Å². The van der Waals surface area contributed by atoms with Gasteiger partial charge in [0.1, 0.15) is 11.5 Å². The maximum atomic E-state index is 6.08. The highest BCUT2D eigenvalue weighted by Gasteiger charge is 2.07. The summed E-state index contributed by atoms with van der Waals surface area (Å²) in [7, 11) is 0. The average molecular weight is 419 g/mol. The van der Waals surface area contributed by atoms with Crippen molar-refractivity contribution in [1.29, 1.82) is 0 Å². The molecule has 2 aromatic carbocycles. The topological polar surface area (TPSA) is 18.5 Å². The van der Waals surface area contributed by atoms with Crippen LogP contribution in [0.25, 0.3) is 10.8 Å². The molecule has 2 nitrogen and oxygen atoms in total. The maximum Gasteiger partial charge on any atom is 0.119 e. The van der Waals surface area contributed by atoms with E-state index >= 15 is 0 Å². The number of halogens is 1. The van der Waals surface area contributed by atoms with Crippen molar-refractivity contribution in [2.24, 2.45) is 5.92 Å². The number of hydrogen-bond donors (Lipinski definition) is 0. The van der Waals surface area contributed by atoms with E-state index < -0.39 is 0 Å². The Morgan fingerprint density at radius 1 is 0.759 bits per heavy atom. The van der Waals surface area contributed by atoms with E-state index in [1.807, 2.05) is 0 Å². The summed E-state index contributed by atoms with van der Waals surface area (Å²) in [6.07, 6.45) is 12.3. The molecule has 0 N–H and O–H groups in total. The lowest BCUT2D eigenvalue weighted by Crippen LogP contribution is -2.11. The predicted molar refractivity (Wildman–Crippen MR) is 127 cm³/mol. The van der Waals surface area contributed by atoms with Crippen molar-refractivity contribution in [1.82, 2.24) is 0 Å². The quantitative estimate of drug-likeness (QED) is 0.201. The first-order chi connectivity index (χ1) is 14.3. The van der Waals surface area contributed by atoms with E-state index in [0.717, 1.165) is 43.4 Å². The summed E-state index contributed by atoms with van der Waals surface area (Å²) in [5, 5.41) is 2.41. The summed E-state index contributed by atoms with van der Waals surface area (Å²) in [6.45, 7) is 6.11. The molecule has 1 atom stereocenters. The SMILES string of the molecule is CCCCC(CC)COc1ccc2cc(OCCCCCCCCCl)ccc2c1. The molecule has 0 saturated heterocycles. The van der Waals surface area contributed by atoms with Crippen molar-refractivity contribution in [3.63, 3.8) is 0 Å². The Bertz CT molecular complexity index is 685. The molecule has 2 rings (SSSR count). The van der Waals surface area contributed by atoms with Gasteiger partial charge in [0.2, 0.25) is 0 Å². The lowest BCUT2D eigenvalue weighted by molar-refractivity contribution is 0.233. The van der Waals surface area contributed by atoms with Crippen LogP contribution in [0.4, 0.5) is 0 Å². The van der Waals surface area contributed by atoms with E-state index in [0.29, 0.717) is 5.92 Å². The van der Waals surface area contributed by atoms with E-state index in [2.05, 4.69) is 50.2 Å². The van der Waals surface area contributed by atoms with E-state index in [4.69, 9.17) is 21.1 Å². The van der Waals surface area contributed by atoms with Crippen LogP contribution in [-0.2, 0) is 0 Å². The van der Waals surface area contributed by atoms with Gasteiger partial charge >= 0.3 is 0 Å². The van der Waals surface area contributed by atoms with E-state index in [-0.39, 0.29) is 0 Å². The largest absolute Gasteiger partial charge is 0.494 e. The van der Waals surface area contributed by atoms with Crippen LogP contribution in [0.1, 0.15) is 78.1 Å². The van der Waals surface area contributed by atoms with Crippen molar-refractivity contribution in [3.8, 4) is 11.5 Å². The van der Waals surface area contributed by atoms with Gasteiger partial charge in [-0.2, -0.15) is 0 Å². The molecular weight excluding hydrogens is 380 g/mol. The summed E-state index contributed by atoms with van der Waals surface area (Å²) in [5.74, 6) is 3.37. The zero-order chi connectivity index (χ0) is 20.7. The van der Waals surface area contributed by atoms with Gasteiger partial charge < -0.3 is 9.47 Å². The molecule has 0 amide bonds. The molecule has 1 unspecified atom stereocenters. The number of rotatable bonds is 16. The highest BCUT2D eigenvalue weighted by molar-refractivity contribution is 6.17. The molecule has 162 valence electrons. The summed E-state index contributed by atoms with van der Waals surface area (Å²) < 4.78 is 12.0. The van der Waals surface area contributed by atoms with Crippen molar-refractivity contribution >= 4 is 22.4 Å². The van der Waals surface area contributed by atoms with Gasteiger partial charge in [-0.25, -0.2) is 0 Å². The second kappa shape index (κ2) is 14.6. The first-order valence-electron chi connectivity index (χ1n) is 11.6. The number of benzene rings is 2. The van der Waals surface area contributed by atoms with Gasteiger partial charge in [-0.1, -0.05) is 70.9 Å². The Hall–Kier alpha value is -1.41. The smallest absolute Gasteiger partial charge is 0.119 e. The minimum atomic E-state index is 0.654. The molecule has 0 aliphatic carbocycles. The fourth-order valence-corrected chi connectivity index (χ4v) is 3.78. The van der Waals surface area contributed by atoms with Crippen LogP contribution in [0.5, 0.6) is 11.5 Å². The maximum absolute atomic E-state index is 6.08. The van der Waals surface area contributed by atoms with Gasteiger partial charge in [0.25, 0.3) is 0 Å². The standard InChI is InChI=1S/C26H39ClO2/c1-3-5-12-22(4-2)21-29-26-16-14-23-19-25(15-13-24(23)20-26)28-18-11-9-7-6-8-10-17-27/h13-16,19-20,22H,3-12,17-18,21H2,1-2H3. The zero-order valence-electron chi connectivity index (χ0n) is 18.4. The van der Waals surface area contributed by atoms with Crippen molar-refractivity contribution in [2.75, 3.05) is 19.1 Å². The third-order valence-electron chi connectivity index (χ3n) is 5.61. The van der Waals surface area contributed by atoms with Crippen LogP contribution >= 0.6 is 11.6 Å². The highest BCUT2D eigenvalue weighted by Crippen LogP contribution is 2.26. The molecule has 0 fully saturated rings. The lowest BCUT2D eigenvalue weighted by atomic mass is 10.0. The summed E-state index contributed by atoms with van der Waals surface area (Å²) in [5.41, 5.74) is 0. The molecule has 0 saturated carbocycles. The normalized spacial score (nSPS) is 12.2. The molecule has 0 bridgehead atoms.